The Bertz CT molecular complexity index is 660. The number of ether oxygens (including phenoxy) is 1. The summed E-state index contributed by atoms with van der Waals surface area (Å²) in [5.74, 6) is -0.210. The maximum atomic E-state index is 12.7. The maximum absolute atomic E-state index is 12.7. The van der Waals surface area contributed by atoms with Crippen molar-refractivity contribution in [2.24, 2.45) is 0 Å². The summed E-state index contributed by atoms with van der Waals surface area (Å²) in [7, 11) is -3.66. The van der Waals surface area contributed by atoms with Crippen molar-refractivity contribution in [2.75, 3.05) is 6.54 Å². The van der Waals surface area contributed by atoms with E-state index in [2.05, 4.69) is 5.16 Å². The Balaban J connectivity index is 2.18. The summed E-state index contributed by atoms with van der Waals surface area (Å²) < 4.78 is 36.9. The van der Waals surface area contributed by atoms with Crippen LogP contribution >= 0.6 is 0 Å². The number of hydrogen-bond donors (Lipinski definition) is 0. The lowest BCUT2D eigenvalue weighted by Crippen LogP contribution is -2.50. The molecule has 7 nitrogen and oxygen atoms in total. The van der Waals surface area contributed by atoms with Gasteiger partial charge in [-0.1, -0.05) is 5.16 Å². The SMILES string of the molecule is Cc1cc(CS(=O)(=O)N2CCCC[C@@H]2C(=O)OC(C)(C)C)no1. The zero-order chi connectivity index (χ0) is 17.3. The molecule has 130 valence electrons. The van der Waals surface area contributed by atoms with Crippen LogP contribution in [0.5, 0.6) is 0 Å². The quantitative estimate of drug-likeness (QED) is 0.776. The first-order valence-electron chi connectivity index (χ1n) is 7.73. The Labute approximate surface area is 137 Å². The van der Waals surface area contributed by atoms with Gasteiger partial charge in [-0.05, 0) is 47.0 Å². The van der Waals surface area contributed by atoms with Gasteiger partial charge < -0.3 is 9.26 Å². The van der Waals surface area contributed by atoms with Crippen molar-refractivity contribution < 1.29 is 22.5 Å². The summed E-state index contributed by atoms with van der Waals surface area (Å²) in [6.07, 6.45) is 2.02. The smallest absolute Gasteiger partial charge is 0.324 e. The molecule has 0 radical (unpaired) electrons. The summed E-state index contributed by atoms with van der Waals surface area (Å²) in [5.41, 5.74) is -0.302. The number of aromatic nitrogens is 1. The van der Waals surface area contributed by atoms with Gasteiger partial charge in [-0.3, -0.25) is 4.79 Å². The molecular formula is C15H24N2O5S. The minimum atomic E-state index is -3.66. The van der Waals surface area contributed by atoms with Crippen LogP contribution in [0.15, 0.2) is 10.6 Å². The topological polar surface area (TPSA) is 89.7 Å². The van der Waals surface area contributed by atoms with Crippen LogP contribution < -0.4 is 0 Å². The standard InChI is InChI=1S/C15H24N2O5S/c1-11-9-12(16-22-11)10-23(19,20)17-8-6-5-7-13(17)14(18)21-15(2,3)4/h9,13H,5-8,10H2,1-4H3/t13-/m1/s1. The number of hydrogen-bond acceptors (Lipinski definition) is 6. The summed E-state index contributed by atoms with van der Waals surface area (Å²) in [6.45, 7) is 7.33. The zero-order valence-electron chi connectivity index (χ0n) is 14.0. The van der Waals surface area contributed by atoms with E-state index < -0.39 is 27.6 Å². The van der Waals surface area contributed by atoms with Crippen molar-refractivity contribution in [1.29, 1.82) is 0 Å². The van der Waals surface area contributed by atoms with E-state index in [-0.39, 0.29) is 5.75 Å². The Morgan fingerprint density at radius 2 is 2.13 bits per heavy atom. The largest absolute Gasteiger partial charge is 0.459 e. The van der Waals surface area contributed by atoms with Gasteiger partial charge in [0.25, 0.3) is 0 Å². The van der Waals surface area contributed by atoms with Crippen molar-refractivity contribution >= 4 is 16.0 Å². The molecule has 0 amide bonds. The van der Waals surface area contributed by atoms with Gasteiger partial charge in [0, 0.05) is 12.6 Å². The third kappa shape index (κ3) is 4.78. The fourth-order valence-corrected chi connectivity index (χ4v) is 4.26. The predicted molar refractivity (Wildman–Crippen MR) is 84.1 cm³/mol. The molecule has 0 unspecified atom stereocenters. The first kappa shape index (κ1) is 17.9. The monoisotopic (exact) mass is 344 g/mol. The molecule has 2 heterocycles. The summed E-state index contributed by atoms with van der Waals surface area (Å²) >= 11 is 0. The molecule has 1 atom stereocenters. The average Bonchev–Trinajstić information content (AvgIpc) is 2.81. The van der Waals surface area contributed by atoms with Crippen LogP contribution in [-0.4, -0.2) is 42.0 Å². The fraction of sp³-hybridized carbons (Fsp3) is 0.733. The number of nitrogens with zero attached hydrogens (tertiary/aromatic N) is 2. The Hall–Kier alpha value is -1.41. The third-order valence-electron chi connectivity index (χ3n) is 3.50. The minimum absolute atomic E-state index is 0.274. The molecule has 1 fully saturated rings. The molecule has 1 aliphatic rings. The molecule has 8 heteroatoms. The van der Waals surface area contributed by atoms with Gasteiger partial charge in [0.1, 0.15) is 28.8 Å². The lowest BCUT2D eigenvalue weighted by atomic mass is 10.0. The lowest BCUT2D eigenvalue weighted by molar-refractivity contribution is -0.160. The van der Waals surface area contributed by atoms with Crippen molar-refractivity contribution in [2.45, 2.75) is 64.4 Å². The van der Waals surface area contributed by atoms with Gasteiger partial charge in [0.05, 0.1) is 0 Å². The molecule has 2 rings (SSSR count). The van der Waals surface area contributed by atoms with E-state index in [4.69, 9.17) is 9.26 Å². The minimum Gasteiger partial charge on any atom is -0.459 e. The highest BCUT2D eigenvalue weighted by Gasteiger charge is 2.39. The number of esters is 1. The van der Waals surface area contributed by atoms with Crippen LogP contribution in [0.3, 0.4) is 0 Å². The Morgan fingerprint density at radius 1 is 1.43 bits per heavy atom. The highest BCUT2D eigenvalue weighted by atomic mass is 32.2. The molecule has 23 heavy (non-hydrogen) atoms. The molecule has 0 spiro atoms. The second kappa shape index (κ2) is 6.60. The molecule has 1 aromatic rings. The first-order chi connectivity index (χ1) is 10.6. The normalized spacial score (nSPS) is 20.4. The average molecular weight is 344 g/mol. The third-order valence-corrected chi connectivity index (χ3v) is 5.31. The zero-order valence-corrected chi connectivity index (χ0v) is 14.9. The molecule has 1 aromatic heterocycles. The van der Waals surface area contributed by atoms with Gasteiger partial charge in [-0.15, -0.1) is 0 Å². The fourth-order valence-electron chi connectivity index (χ4n) is 2.60. The van der Waals surface area contributed by atoms with Crippen LogP contribution in [0.4, 0.5) is 0 Å². The second-order valence-corrected chi connectivity index (χ2v) is 8.76. The number of carbonyl (C=O) groups is 1. The number of rotatable bonds is 4. The van der Waals surface area contributed by atoms with E-state index >= 15 is 0 Å². The predicted octanol–water partition coefficient (Wildman–Crippen LogP) is 2.01. The number of aryl methyl sites for hydroxylation is 1. The lowest BCUT2D eigenvalue weighted by Gasteiger charge is -2.34. The summed E-state index contributed by atoms with van der Waals surface area (Å²) in [5, 5.41) is 3.73. The second-order valence-electron chi connectivity index (χ2n) is 6.84. The highest BCUT2D eigenvalue weighted by molar-refractivity contribution is 7.88. The van der Waals surface area contributed by atoms with E-state index in [1.165, 1.54) is 4.31 Å². The van der Waals surface area contributed by atoms with Gasteiger partial charge in [0.2, 0.25) is 10.0 Å². The molecular weight excluding hydrogens is 320 g/mol. The van der Waals surface area contributed by atoms with Crippen molar-refractivity contribution in [3.8, 4) is 0 Å². The van der Waals surface area contributed by atoms with Gasteiger partial charge >= 0.3 is 5.97 Å². The van der Waals surface area contributed by atoms with E-state index in [0.29, 0.717) is 24.4 Å². The summed E-state index contributed by atoms with van der Waals surface area (Å²) in [4.78, 5) is 12.4. The van der Waals surface area contributed by atoms with Gasteiger partial charge in [-0.2, -0.15) is 4.31 Å². The van der Waals surface area contributed by atoms with Crippen LogP contribution in [0.1, 0.15) is 51.5 Å². The molecule has 0 bridgehead atoms. The maximum Gasteiger partial charge on any atom is 0.324 e. The Kier molecular flexibility index (Phi) is 5.15. The Morgan fingerprint density at radius 3 is 2.70 bits per heavy atom. The van der Waals surface area contributed by atoms with Gasteiger partial charge in [0.15, 0.2) is 0 Å². The first-order valence-corrected chi connectivity index (χ1v) is 9.34. The van der Waals surface area contributed by atoms with E-state index in [1.54, 1.807) is 33.8 Å². The van der Waals surface area contributed by atoms with Crippen LogP contribution in [0.25, 0.3) is 0 Å². The molecule has 0 aromatic carbocycles. The van der Waals surface area contributed by atoms with Crippen molar-refractivity contribution in [1.82, 2.24) is 9.46 Å². The summed E-state index contributed by atoms with van der Waals surface area (Å²) in [6, 6.07) is 0.824. The van der Waals surface area contributed by atoms with Crippen molar-refractivity contribution in [3.63, 3.8) is 0 Å². The molecule has 1 aliphatic heterocycles. The number of carbonyl (C=O) groups excluding carboxylic acids is 1. The van der Waals surface area contributed by atoms with E-state index in [0.717, 1.165) is 12.8 Å². The highest BCUT2D eigenvalue weighted by Crippen LogP contribution is 2.25. The van der Waals surface area contributed by atoms with Crippen LogP contribution in [0.2, 0.25) is 0 Å². The van der Waals surface area contributed by atoms with Crippen LogP contribution in [-0.2, 0) is 25.3 Å². The number of sulfonamides is 1. The molecule has 0 saturated carbocycles. The molecule has 0 aliphatic carbocycles. The van der Waals surface area contributed by atoms with Gasteiger partial charge in [-0.25, -0.2) is 8.42 Å². The van der Waals surface area contributed by atoms with Crippen molar-refractivity contribution in [3.05, 3.63) is 17.5 Å². The van der Waals surface area contributed by atoms with Crippen LogP contribution in [0, 0.1) is 6.92 Å². The van der Waals surface area contributed by atoms with E-state index in [9.17, 15) is 13.2 Å². The molecule has 1 saturated heterocycles. The molecule has 0 N–H and O–H groups in total. The number of piperidine rings is 1. The van der Waals surface area contributed by atoms with E-state index in [1.807, 2.05) is 0 Å².